The second-order valence-electron chi connectivity index (χ2n) is 7.23. The lowest BCUT2D eigenvalue weighted by molar-refractivity contribution is -0.168. The Kier molecular flexibility index (Phi) is 7.63. The van der Waals surface area contributed by atoms with Gasteiger partial charge in [-0.15, -0.1) is 0 Å². The number of nitrogens with one attached hydrogen (secondary N) is 1. The summed E-state index contributed by atoms with van der Waals surface area (Å²) in [5, 5.41) is 2.69. The third-order valence-electron chi connectivity index (χ3n) is 4.34. The summed E-state index contributed by atoms with van der Waals surface area (Å²) in [6.07, 6.45) is 2.65. The molecule has 1 N–H and O–H groups in total. The Hall–Kier alpha value is 0.177. The van der Waals surface area contributed by atoms with Gasteiger partial charge in [0.1, 0.15) is 6.10 Å². The van der Waals surface area contributed by atoms with E-state index in [1.165, 1.54) is 7.11 Å². The van der Waals surface area contributed by atoms with Gasteiger partial charge >= 0.3 is 0 Å². The Morgan fingerprint density at radius 2 is 1.83 bits per heavy atom. The van der Waals surface area contributed by atoms with Gasteiger partial charge in [0.2, 0.25) is 0 Å². The lowest BCUT2D eigenvalue weighted by Crippen LogP contribution is -2.51. The SMILES string of the molecule is CO[C@H]1O[C@H](CO[Si](C)(C)C(C)(C)C)C=C[C@H]1NC(=O)C(Cl)(Cl)Cl. The second-order valence-corrected chi connectivity index (χ2v) is 14.3. The summed E-state index contributed by atoms with van der Waals surface area (Å²) in [6, 6.07) is -0.540. The monoisotopic (exact) mass is 417 g/mol. The summed E-state index contributed by atoms with van der Waals surface area (Å²) in [5.74, 6) is -0.733. The van der Waals surface area contributed by atoms with Gasteiger partial charge < -0.3 is 19.2 Å². The normalized spacial score (nSPS) is 25.6. The van der Waals surface area contributed by atoms with Crippen molar-refractivity contribution in [2.75, 3.05) is 13.7 Å². The zero-order valence-corrected chi connectivity index (χ0v) is 18.1. The van der Waals surface area contributed by atoms with Gasteiger partial charge in [0.15, 0.2) is 14.6 Å². The van der Waals surface area contributed by atoms with Crippen LogP contribution < -0.4 is 5.32 Å². The van der Waals surface area contributed by atoms with E-state index in [0.29, 0.717) is 6.61 Å². The molecule has 1 aliphatic heterocycles. The van der Waals surface area contributed by atoms with Crippen molar-refractivity contribution in [2.45, 2.75) is 61.1 Å². The summed E-state index contributed by atoms with van der Waals surface area (Å²) in [4.78, 5) is 11.8. The maximum atomic E-state index is 11.8. The number of amides is 1. The minimum absolute atomic E-state index is 0.118. The van der Waals surface area contributed by atoms with Gasteiger partial charge in [0.25, 0.3) is 9.70 Å². The van der Waals surface area contributed by atoms with E-state index < -0.39 is 30.3 Å². The van der Waals surface area contributed by atoms with E-state index in [4.69, 9.17) is 48.7 Å². The lowest BCUT2D eigenvalue weighted by atomic mass is 10.1. The minimum atomic E-state index is -2.03. The number of hydrogen-bond donors (Lipinski definition) is 1. The van der Waals surface area contributed by atoms with E-state index in [1.807, 2.05) is 6.08 Å². The molecule has 3 atom stereocenters. The van der Waals surface area contributed by atoms with Crippen LogP contribution in [0.15, 0.2) is 12.2 Å². The predicted molar refractivity (Wildman–Crippen MR) is 100 cm³/mol. The van der Waals surface area contributed by atoms with Crippen molar-refractivity contribution in [3.8, 4) is 0 Å². The molecule has 24 heavy (non-hydrogen) atoms. The van der Waals surface area contributed by atoms with Gasteiger partial charge in [0, 0.05) is 7.11 Å². The predicted octanol–water partition coefficient (Wildman–Crippen LogP) is 3.79. The van der Waals surface area contributed by atoms with Gasteiger partial charge in [-0.25, -0.2) is 0 Å². The molecule has 0 saturated heterocycles. The largest absolute Gasteiger partial charge is 0.414 e. The Labute approximate surface area is 160 Å². The fourth-order valence-electron chi connectivity index (χ4n) is 1.79. The highest BCUT2D eigenvalue weighted by Crippen LogP contribution is 2.36. The van der Waals surface area contributed by atoms with Crippen molar-refractivity contribution < 1.29 is 18.7 Å². The lowest BCUT2D eigenvalue weighted by Gasteiger charge is -2.38. The standard InChI is InChI=1S/C15H26Cl3NO4Si/c1-14(2,3)24(5,6)22-9-10-7-8-11(12(21-4)23-10)19-13(20)15(16,17)18/h7-8,10-12H,9H2,1-6H3,(H,19,20)/t10-,11+,12-/m0/s1. The molecule has 0 saturated carbocycles. The van der Waals surface area contributed by atoms with Gasteiger partial charge in [0.05, 0.1) is 12.6 Å². The summed E-state index contributed by atoms with van der Waals surface area (Å²) in [5.41, 5.74) is 0. The summed E-state index contributed by atoms with van der Waals surface area (Å²) in [6.45, 7) is 11.3. The molecule has 0 fully saturated rings. The number of alkyl halides is 3. The Morgan fingerprint density at radius 1 is 1.25 bits per heavy atom. The van der Waals surface area contributed by atoms with E-state index in [2.05, 4.69) is 39.2 Å². The number of carbonyl (C=O) groups excluding carboxylic acids is 1. The van der Waals surface area contributed by atoms with Crippen LogP contribution in [-0.4, -0.2) is 50.2 Å². The average Bonchev–Trinajstić information content (AvgIpc) is 2.43. The highest BCUT2D eigenvalue weighted by molar-refractivity contribution is 6.76. The van der Waals surface area contributed by atoms with Crippen molar-refractivity contribution in [1.82, 2.24) is 5.32 Å². The van der Waals surface area contributed by atoms with Crippen LogP contribution in [0.1, 0.15) is 20.8 Å². The Balaban J connectivity index is 2.68. The molecule has 9 heteroatoms. The quantitative estimate of drug-likeness (QED) is 0.419. The molecule has 0 bridgehead atoms. The third kappa shape index (κ3) is 6.16. The van der Waals surface area contributed by atoms with Gasteiger partial charge in [-0.05, 0) is 18.1 Å². The van der Waals surface area contributed by atoms with E-state index in [9.17, 15) is 4.79 Å². The van der Waals surface area contributed by atoms with Crippen LogP contribution in [0.25, 0.3) is 0 Å². The van der Waals surface area contributed by atoms with E-state index in [1.54, 1.807) is 6.08 Å². The number of carbonyl (C=O) groups is 1. The molecule has 0 aromatic heterocycles. The van der Waals surface area contributed by atoms with E-state index >= 15 is 0 Å². The topological polar surface area (TPSA) is 56.8 Å². The molecule has 1 heterocycles. The molecule has 0 aromatic carbocycles. The smallest absolute Gasteiger partial charge is 0.272 e. The zero-order valence-electron chi connectivity index (χ0n) is 14.9. The molecular weight excluding hydrogens is 393 g/mol. The van der Waals surface area contributed by atoms with Gasteiger partial charge in [-0.1, -0.05) is 67.7 Å². The first-order valence-electron chi connectivity index (χ1n) is 7.66. The average molecular weight is 419 g/mol. The van der Waals surface area contributed by atoms with Crippen molar-refractivity contribution in [1.29, 1.82) is 0 Å². The van der Waals surface area contributed by atoms with E-state index in [0.717, 1.165) is 0 Å². The number of methoxy groups -OCH3 is 1. The van der Waals surface area contributed by atoms with Gasteiger partial charge in [-0.3, -0.25) is 4.79 Å². The molecule has 1 aliphatic rings. The van der Waals surface area contributed by atoms with Crippen LogP contribution in [-0.2, 0) is 18.7 Å². The molecule has 140 valence electrons. The molecule has 0 aromatic rings. The fraction of sp³-hybridized carbons (Fsp3) is 0.800. The first kappa shape index (κ1) is 22.2. The summed E-state index contributed by atoms with van der Waals surface area (Å²) < 4.78 is 15.2. The van der Waals surface area contributed by atoms with Crippen LogP contribution in [0.2, 0.25) is 18.1 Å². The van der Waals surface area contributed by atoms with Crippen molar-refractivity contribution in [3.05, 3.63) is 12.2 Å². The van der Waals surface area contributed by atoms with Crippen LogP contribution in [0.5, 0.6) is 0 Å². The maximum absolute atomic E-state index is 11.8. The molecule has 1 rings (SSSR count). The molecule has 0 spiro atoms. The number of halogens is 3. The second kappa shape index (κ2) is 8.25. The van der Waals surface area contributed by atoms with Crippen molar-refractivity contribution in [2.24, 2.45) is 0 Å². The van der Waals surface area contributed by atoms with Crippen LogP contribution in [0, 0.1) is 0 Å². The molecular formula is C15H26Cl3NO4Si. The van der Waals surface area contributed by atoms with Crippen molar-refractivity contribution in [3.63, 3.8) is 0 Å². The van der Waals surface area contributed by atoms with Crippen LogP contribution in [0.3, 0.4) is 0 Å². The minimum Gasteiger partial charge on any atom is -0.414 e. The number of rotatable bonds is 5. The highest BCUT2D eigenvalue weighted by Gasteiger charge is 2.39. The zero-order chi connectivity index (χ0) is 18.8. The maximum Gasteiger partial charge on any atom is 0.272 e. The Bertz CT molecular complexity index is 474. The number of ether oxygens (including phenoxy) is 2. The first-order chi connectivity index (χ1) is 10.8. The molecule has 0 unspecified atom stereocenters. The molecule has 0 aliphatic carbocycles. The number of hydrogen-bond acceptors (Lipinski definition) is 4. The van der Waals surface area contributed by atoms with E-state index in [-0.39, 0.29) is 11.1 Å². The van der Waals surface area contributed by atoms with Crippen molar-refractivity contribution >= 4 is 49.0 Å². The van der Waals surface area contributed by atoms with Crippen LogP contribution in [0.4, 0.5) is 0 Å². The Morgan fingerprint density at radius 3 is 2.29 bits per heavy atom. The molecule has 0 radical (unpaired) electrons. The van der Waals surface area contributed by atoms with Crippen LogP contribution >= 0.6 is 34.8 Å². The first-order valence-corrected chi connectivity index (χ1v) is 11.7. The summed E-state index contributed by atoms with van der Waals surface area (Å²) >= 11 is 16.7. The molecule has 5 nitrogen and oxygen atoms in total. The molecule has 1 amide bonds. The fourth-order valence-corrected chi connectivity index (χ4v) is 2.97. The van der Waals surface area contributed by atoms with Gasteiger partial charge in [-0.2, -0.15) is 0 Å². The highest BCUT2D eigenvalue weighted by atomic mass is 35.6. The third-order valence-corrected chi connectivity index (χ3v) is 9.35. The summed E-state index contributed by atoms with van der Waals surface area (Å²) in [7, 11) is -0.376.